The van der Waals surface area contributed by atoms with Gasteiger partial charge in [0, 0.05) is 16.0 Å². The minimum Gasteiger partial charge on any atom is -0.297 e. The van der Waals surface area contributed by atoms with Crippen LogP contribution in [0.15, 0.2) is 46.7 Å². The molecule has 0 aliphatic heterocycles. The molecule has 0 bridgehead atoms. The van der Waals surface area contributed by atoms with Crippen LogP contribution in [0.1, 0.15) is 15.2 Å². The van der Waals surface area contributed by atoms with E-state index >= 15 is 0 Å². The number of thiophene rings is 1. The minimum absolute atomic E-state index is 0.797. The molecule has 15 heavy (non-hydrogen) atoms. The molecule has 1 heterocycles. The summed E-state index contributed by atoms with van der Waals surface area (Å²) in [6.45, 7) is 0. The third kappa shape index (κ3) is 2.94. The van der Waals surface area contributed by atoms with E-state index in [4.69, 9.17) is 0 Å². The van der Waals surface area contributed by atoms with Gasteiger partial charge in [0.1, 0.15) is 0 Å². The lowest BCUT2D eigenvalue weighted by Gasteiger charge is -1.98. The molecule has 1 aromatic heterocycles. The molecule has 0 unspecified atom stereocenters. The first-order chi connectivity index (χ1) is 7.38. The highest BCUT2D eigenvalue weighted by molar-refractivity contribution is 7.98. The summed E-state index contributed by atoms with van der Waals surface area (Å²) in [6, 6.07) is 12.3. The molecule has 1 nitrogen and oxygen atoms in total. The lowest BCUT2D eigenvalue weighted by Crippen LogP contribution is -1.77. The van der Waals surface area contributed by atoms with E-state index in [9.17, 15) is 4.79 Å². The zero-order chi connectivity index (χ0) is 10.5. The van der Waals surface area contributed by atoms with Crippen molar-refractivity contribution in [3.63, 3.8) is 0 Å². The Labute approximate surface area is 97.1 Å². The zero-order valence-electron chi connectivity index (χ0n) is 8.05. The van der Waals surface area contributed by atoms with Crippen LogP contribution in [0.4, 0.5) is 0 Å². The first-order valence-corrected chi connectivity index (χ1v) is 6.45. The van der Waals surface area contributed by atoms with Gasteiger partial charge in [0.05, 0.1) is 4.88 Å². The summed E-state index contributed by atoms with van der Waals surface area (Å²) in [5, 5.41) is 2.03. The van der Waals surface area contributed by atoms with Crippen LogP contribution in [-0.4, -0.2) is 6.29 Å². The van der Waals surface area contributed by atoms with Gasteiger partial charge in [-0.3, -0.25) is 4.79 Å². The average Bonchev–Trinajstić information content (AvgIpc) is 2.76. The molecule has 2 aromatic rings. The fourth-order valence-corrected chi connectivity index (χ4v) is 3.01. The molecule has 0 fully saturated rings. The minimum atomic E-state index is 0.797. The summed E-state index contributed by atoms with van der Waals surface area (Å²) in [6.07, 6.45) is 0.900. The second-order valence-electron chi connectivity index (χ2n) is 3.08. The van der Waals surface area contributed by atoms with Crippen LogP contribution in [0.3, 0.4) is 0 Å². The Morgan fingerprint density at radius 3 is 2.73 bits per heavy atom. The van der Waals surface area contributed by atoms with Crippen LogP contribution >= 0.6 is 23.1 Å². The van der Waals surface area contributed by atoms with Crippen LogP contribution in [-0.2, 0) is 5.75 Å². The quantitative estimate of drug-likeness (QED) is 0.590. The largest absolute Gasteiger partial charge is 0.297 e. The average molecular weight is 234 g/mol. The molecule has 0 radical (unpaired) electrons. The third-order valence-corrected chi connectivity index (χ3v) is 4.01. The van der Waals surface area contributed by atoms with E-state index in [2.05, 4.69) is 12.1 Å². The molecule has 0 saturated heterocycles. The first-order valence-electron chi connectivity index (χ1n) is 4.59. The molecule has 0 amide bonds. The van der Waals surface area contributed by atoms with Crippen LogP contribution in [0.2, 0.25) is 0 Å². The SMILES string of the molecule is O=Cc1cc(SCc2ccccc2)cs1. The van der Waals surface area contributed by atoms with E-state index < -0.39 is 0 Å². The zero-order valence-corrected chi connectivity index (χ0v) is 9.68. The first kappa shape index (κ1) is 10.5. The highest BCUT2D eigenvalue weighted by atomic mass is 32.2. The molecule has 2 rings (SSSR count). The van der Waals surface area contributed by atoms with Gasteiger partial charge in [-0.05, 0) is 11.6 Å². The monoisotopic (exact) mass is 234 g/mol. The van der Waals surface area contributed by atoms with Gasteiger partial charge in [0.15, 0.2) is 6.29 Å². The van der Waals surface area contributed by atoms with Gasteiger partial charge < -0.3 is 0 Å². The summed E-state index contributed by atoms with van der Waals surface area (Å²) in [4.78, 5) is 12.5. The summed E-state index contributed by atoms with van der Waals surface area (Å²) >= 11 is 3.26. The Hall–Kier alpha value is -1.06. The van der Waals surface area contributed by atoms with Crippen LogP contribution < -0.4 is 0 Å². The summed E-state index contributed by atoms with van der Waals surface area (Å²) < 4.78 is 0. The van der Waals surface area contributed by atoms with Crippen molar-refractivity contribution in [3.8, 4) is 0 Å². The van der Waals surface area contributed by atoms with Crippen molar-refractivity contribution in [1.29, 1.82) is 0 Å². The number of rotatable bonds is 4. The number of carbonyl (C=O) groups excluding carboxylic acids is 1. The fourth-order valence-electron chi connectivity index (χ4n) is 1.21. The summed E-state index contributed by atoms with van der Waals surface area (Å²) in [5.41, 5.74) is 1.31. The molecule has 0 spiro atoms. The van der Waals surface area contributed by atoms with E-state index in [-0.39, 0.29) is 0 Å². The molecule has 1 aromatic carbocycles. The molecule has 3 heteroatoms. The topological polar surface area (TPSA) is 17.1 Å². The Morgan fingerprint density at radius 2 is 2.07 bits per heavy atom. The molecule has 0 N–H and O–H groups in total. The van der Waals surface area contributed by atoms with Crippen LogP contribution in [0, 0.1) is 0 Å². The van der Waals surface area contributed by atoms with E-state index in [1.54, 1.807) is 11.8 Å². The molecular weight excluding hydrogens is 224 g/mol. The van der Waals surface area contributed by atoms with Crippen molar-refractivity contribution in [3.05, 3.63) is 52.2 Å². The Kier molecular flexibility index (Phi) is 3.59. The van der Waals surface area contributed by atoms with Crippen molar-refractivity contribution in [2.45, 2.75) is 10.6 Å². The number of aldehydes is 1. The maximum atomic E-state index is 10.5. The Morgan fingerprint density at radius 1 is 1.27 bits per heavy atom. The second-order valence-corrected chi connectivity index (χ2v) is 5.07. The van der Waals surface area contributed by atoms with E-state index in [1.807, 2.05) is 29.6 Å². The molecule has 0 saturated carbocycles. The normalized spacial score (nSPS) is 10.1. The standard InChI is InChI=1S/C12H10OS2/c13-7-11-6-12(9-15-11)14-8-10-4-2-1-3-5-10/h1-7,9H,8H2. The Bertz CT molecular complexity index is 434. The van der Waals surface area contributed by atoms with Gasteiger partial charge in [-0.2, -0.15) is 0 Å². The van der Waals surface area contributed by atoms with Crippen LogP contribution in [0.5, 0.6) is 0 Å². The summed E-state index contributed by atoms with van der Waals surface area (Å²) in [7, 11) is 0. The van der Waals surface area contributed by atoms with Crippen molar-refractivity contribution in [2.24, 2.45) is 0 Å². The highest BCUT2D eigenvalue weighted by Gasteiger charge is 1.99. The van der Waals surface area contributed by atoms with Crippen molar-refractivity contribution in [1.82, 2.24) is 0 Å². The van der Waals surface area contributed by atoms with E-state index in [0.717, 1.165) is 16.9 Å². The highest BCUT2D eigenvalue weighted by Crippen LogP contribution is 2.26. The van der Waals surface area contributed by atoms with Crippen molar-refractivity contribution < 1.29 is 4.79 Å². The number of thioether (sulfide) groups is 1. The maximum absolute atomic E-state index is 10.5. The van der Waals surface area contributed by atoms with E-state index in [1.165, 1.54) is 21.8 Å². The van der Waals surface area contributed by atoms with E-state index in [0.29, 0.717) is 0 Å². The van der Waals surface area contributed by atoms with Gasteiger partial charge in [0.25, 0.3) is 0 Å². The number of hydrogen-bond acceptors (Lipinski definition) is 3. The predicted octanol–water partition coefficient (Wildman–Crippen LogP) is 3.85. The number of hydrogen-bond donors (Lipinski definition) is 0. The molecular formula is C12H10OS2. The smallest absolute Gasteiger partial charge is 0.160 e. The van der Waals surface area contributed by atoms with Crippen LogP contribution in [0.25, 0.3) is 0 Å². The lowest BCUT2D eigenvalue weighted by atomic mass is 10.2. The van der Waals surface area contributed by atoms with Crippen molar-refractivity contribution in [2.75, 3.05) is 0 Å². The van der Waals surface area contributed by atoms with Gasteiger partial charge in [-0.15, -0.1) is 23.1 Å². The second kappa shape index (κ2) is 5.14. The predicted molar refractivity (Wildman–Crippen MR) is 65.7 cm³/mol. The van der Waals surface area contributed by atoms with Gasteiger partial charge in [-0.25, -0.2) is 0 Å². The number of benzene rings is 1. The molecule has 0 aliphatic carbocycles. The molecule has 76 valence electrons. The number of carbonyl (C=O) groups is 1. The van der Waals surface area contributed by atoms with Gasteiger partial charge >= 0.3 is 0 Å². The lowest BCUT2D eigenvalue weighted by molar-refractivity contribution is 0.112. The third-order valence-electron chi connectivity index (χ3n) is 1.96. The van der Waals surface area contributed by atoms with Gasteiger partial charge in [-0.1, -0.05) is 30.3 Å². The van der Waals surface area contributed by atoms with Crippen molar-refractivity contribution >= 4 is 29.4 Å². The Balaban J connectivity index is 1.96. The molecule has 0 atom stereocenters. The maximum Gasteiger partial charge on any atom is 0.160 e. The summed E-state index contributed by atoms with van der Waals surface area (Å²) in [5.74, 6) is 0.954. The fraction of sp³-hybridized carbons (Fsp3) is 0.0833. The molecule has 0 aliphatic rings. The van der Waals surface area contributed by atoms with Gasteiger partial charge in [0.2, 0.25) is 0 Å².